The minimum Gasteiger partial charge on any atom is -0.392 e. The smallest absolute Gasteiger partial charge is 0.129 e. The molecular weight excluding hydrogens is 217 g/mol. The Morgan fingerprint density at radius 1 is 1.53 bits per heavy atom. The average Bonchev–Trinajstić information content (AvgIpc) is 2.08. The van der Waals surface area contributed by atoms with Crippen molar-refractivity contribution in [2.24, 2.45) is 0 Å². The second-order valence-electron chi connectivity index (χ2n) is 3.78. The van der Waals surface area contributed by atoms with Crippen LogP contribution in [0.3, 0.4) is 0 Å². The lowest BCUT2D eigenvalue weighted by atomic mass is 10.2. The van der Waals surface area contributed by atoms with Gasteiger partial charge in [-0.2, -0.15) is 0 Å². The molecule has 0 saturated carbocycles. The third-order valence-electron chi connectivity index (χ3n) is 2.03. The van der Waals surface area contributed by atoms with E-state index in [1.807, 2.05) is 11.9 Å². The fraction of sp³-hybridized carbons (Fsp3) is 0.455. The van der Waals surface area contributed by atoms with E-state index >= 15 is 0 Å². The number of hydrogen-bond acceptors (Lipinski definition) is 2. The van der Waals surface area contributed by atoms with Gasteiger partial charge < -0.3 is 5.11 Å². The maximum absolute atomic E-state index is 13.4. The molecule has 0 spiro atoms. The molecule has 0 radical (unpaired) electrons. The number of benzene rings is 1. The van der Waals surface area contributed by atoms with Gasteiger partial charge in [-0.3, -0.25) is 4.90 Å². The Bertz CT molecular complexity index is 330. The zero-order valence-electron chi connectivity index (χ0n) is 8.87. The number of aliphatic hydroxyl groups excluding tert-OH is 1. The van der Waals surface area contributed by atoms with Crippen LogP contribution < -0.4 is 0 Å². The molecule has 0 aliphatic rings. The highest BCUT2D eigenvalue weighted by Gasteiger charge is 2.07. The van der Waals surface area contributed by atoms with E-state index in [2.05, 4.69) is 0 Å². The van der Waals surface area contributed by atoms with E-state index in [-0.39, 0.29) is 5.82 Å². The van der Waals surface area contributed by atoms with E-state index in [9.17, 15) is 4.39 Å². The van der Waals surface area contributed by atoms with E-state index in [4.69, 9.17) is 16.7 Å². The predicted octanol–water partition coefficient (Wildman–Crippen LogP) is 2.29. The molecule has 0 amide bonds. The maximum atomic E-state index is 13.4. The molecule has 0 fully saturated rings. The molecule has 0 heterocycles. The van der Waals surface area contributed by atoms with E-state index in [0.29, 0.717) is 23.7 Å². The van der Waals surface area contributed by atoms with Crippen molar-refractivity contribution in [3.63, 3.8) is 0 Å². The van der Waals surface area contributed by atoms with Crippen molar-refractivity contribution >= 4 is 11.6 Å². The standard InChI is InChI=1S/C11H15ClFNO/c1-8(15)6-14(2)7-9-3-4-10(12)5-11(9)13/h3-5,8,15H,6-7H2,1-2H3. The van der Waals surface area contributed by atoms with Gasteiger partial charge in [0.05, 0.1) is 6.10 Å². The minimum atomic E-state index is -0.412. The highest BCUT2D eigenvalue weighted by Crippen LogP contribution is 2.15. The quantitative estimate of drug-likeness (QED) is 0.860. The van der Waals surface area contributed by atoms with Crippen LogP contribution >= 0.6 is 11.6 Å². The topological polar surface area (TPSA) is 23.5 Å². The molecule has 2 nitrogen and oxygen atoms in total. The molecule has 0 saturated heterocycles. The Kier molecular flexibility index (Phi) is 4.51. The monoisotopic (exact) mass is 231 g/mol. The lowest BCUT2D eigenvalue weighted by Crippen LogP contribution is -2.27. The molecule has 1 aromatic carbocycles. The van der Waals surface area contributed by atoms with E-state index in [1.54, 1.807) is 19.1 Å². The summed E-state index contributed by atoms with van der Waals surface area (Å²) in [5.41, 5.74) is 0.586. The fourth-order valence-electron chi connectivity index (χ4n) is 1.46. The van der Waals surface area contributed by atoms with E-state index in [1.165, 1.54) is 6.07 Å². The van der Waals surface area contributed by atoms with Gasteiger partial charge in [0, 0.05) is 23.7 Å². The van der Waals surface area contributed by atoms with Gasteiger partial charge in [0.2, 0.25) is 0 Å². The van der Waals surface area contributed by atoms with Gasteiger partial charge in [-0.25, -0.2) is 4.39 Å². The molecule has 0 aliphatic heterocycles. The van der Waals surface area contributed by atoms with Crippen LogP contribution in [0.2, 0.25) is 5.02 Å². The maximum Gasteiger partial charge on any atom is 0.129 e. The average molecular weight is 232 g/mol. The van der Waals surface area contributed by atoms with Gasteiger partial charge in [-0.15, -0.1) is 0 Å². The number of nitrogens with zero attached hydrogens (tertiary/aromatic N) is 1. The first kappa shape index (κ1) is 12.4. The summed E-state index contributed by atoms with van der Waals surface area (Å²) < 4.78 is 13.4. The van der Waals surface area contributed by atoms with Crippen molar-refractivity contribution in [2.45, 2.75) is 19.6 Å². The second kappa shape index (κ2) is 5.45. The van der Waals surface area contributed by atoms with Gasteiger partial charge in [0.15, 0.2) is 0 Å². The first-order valence-electron chi connectivity index (χ1n) is 4.79. The van der Waals surface area contributed by atoms with Gasteiger partial charge in [-0.1, -0.05) is 17.7 Å². The molecule has 1 rings (SSSR count). The number of likely N-dealkylation sites (N-methyl/N-ethyl adjacent to an activating group) is 1. The normalized spacial score (nSPS) is 13.2. The minimum absolute atomic E-state index is 0.306. The molecule has 0 aliphatic carbocycles. The molecule has 1 unspecified atom stereocenters. The van der Waals surface area contributed by atoms with Crippen LogP contribution in [-0.2, 0) is 6.54 Å². The molecule has 4 heteroatoms. The van der Waals surface area contributed by atoms with Gasteiger partial charge in [-0.05, 0) is 26.1 Å². The third-order valence-corrected chi connectivity index (χ3v) is 2.27. The van der Waals surface area contributed by atoms with Crippen molar-refractivity contribution in [2.75, 3.05) is 13.6 Å². The van der Waals surface area contributed by atoms with Crippen molar-refractivity contribution in [3.8, 4) is 0 Å². The van der Waals surface area contributed by atoms with E-state index in [0.717, 1.165) is 0 Å². The van der Waals surface area contributed by atoms with Crippen molar-refractivity contribution in [3.05, 3.63) is 34.6 Å². The van der Waals surface area contributed by atoms with Crippen molar-refractivity contribution in [1.29, 1.82) is 0 Å². The number of aliphatic hydroxyl groups is 1. The molecule has 84 valence electrons. The predicted molar refractivity (Wildman–Crippen MR) is 59.4 cm³/mol. The summed E-state index contributed by atoms with van der Waals surface area (Å²) in [4.78, 5) is 1.86. The Morgan fingerprint density at radius 3 is 2.73 bits per heavy atom. The van der Waals surface area contributed by atoms with Crippen molar-refractivity contribution in [1.82, 2.24) is 4.90 Å². The lowest BCUT2D eigenvalue weighted by Gasteiger charge is -2.18. The molecule has 0 bridgehead atoms. The van der Waals surface area contributed by atoms with Crippen LogP contribution in [0.1, 0.15) is 12.5 Å². The summed E-state index contributed by atoms with van der Waals surface area (Å²) in [7, 11) is 1.83. The molecule has 1 N–H and O–H groups in total. The van der Waals surface area contributed by atoms with E-state index < -0.39 is 6.10 Å². The SMILES string of the molecule is CC(O)CN(C)Cc1ccc(Cl)cc1F. The second-order valence-corrected chi connectivity index (χ2v) is 4.22. The van der Waals surface area contributed by atoms with Crippen LogP contribution in [0.4, 0.5) is 4.39 Å². The summed E-state index contributed by atoms with van der Waals surface area (Å²) in [5, 5.41) is 9.56. The van der Waals surface area contributed by atoms with Crippen LogP contribution in [-0.4, -0.2) is 29.7 Å². The van der Waals surface area contributed by atoms with Crippen LogP contribution in [0.5, 0.6) is 0 Å². The zero-order chi connectivity index (χ0) is 11.4. The number of rotatable bonds is 4. The summed E-state index contributed by atoms with van der Waals surface area (Å²) in [6.07, 6.45) is -0.412. The first-order valence-corrected chi connectivity index (χ1v) is 5.17. The Balaban J connectivity index is 2.64. The summed E-state index contributed by atoms with van der Waals surface area (Å²) >= 11 is 5.64. The molecular formula is C11H15ClFNO. The zero-order valence-corrected chi connectivity index (χ0v) is 9.63. The number of halogens is 2. The molecule has 1 atom stereocenters. The number of hydrogen-bond donors (Lipinski definition) is 1. The van der Waals surface area contributed by atoms with Gasteiger partial charge >= 0.3 is 0 Å². The van der Waals surface area contributed by atoms with Crippen LogP contribution in [0.15, 0.2) is 18.2 Å². The summed E-state index contributed by atoms with van der Waals surface area (Å²) in [6.45, 7) is 2.69. The molecule has 15 heavy (non-hydrogen) atoms. The van der Waals surface area contributed by atoms with Crippen LogP contribution in [0.25, 0.3) is 0 Å². The van der Waals surface area contributed by atoms with Crippen molar-refractivity contribution < 1.29 is 9.50 Å². The molecule has 1 aromatic rings. The largest absolute Gasteiger partial charge is 0.392 e. The lowest BCUT2D eigenvalue weighted by molar-refractivity contribution is 0.137. The third kappa shape index (κ3) is 4.16. The van der Waals surface area contributed by atoms with Crippen LogP contribution in [0, 0.1) is 5.82 Å². The molecule has 0 aromatic heterocycles. The Labute approximate surface area is 94.3 Å². The van der Waals surface area contributed by atoms with Gasteiger partial charge in [0.1, 0.15) is 5.82 Å². The fourth-order valence-corrected chi connectivity index (χ4v) is 1.62. The summed E-state index contributed by atoms with van der Waals surface area (Å²) in [5.74, 6) is -0.306. The van der Waals surface area contributed by atoms with Gasteiger partial charge in [0.25, 0.3) is 0 Å². The Hall–Kier alpha value is -0.640. The highest BCUT2D eigenvalue weighted by atomic mass is 35.5. The summed E-state index contributed by atoms with van der Waals surface area (Å²) in [6, 6.07) is 4.62. The first-order chi connectivity index (χ1) is 6.99. The highest BCUT2D eigenvalue weighted by molar-refractivity contribution is 6.30. The Morgan fingerprint density at radius 2 is 2.20 bits per heavy atom.